The van der Waals surface area contributed by atoms with Gasteiger partial charge in [-0.1, -0.05) is 11.8 Å². The van der Waals surface area contributed by atoms with Gasteiger partial charge in [-0.25, -0.2) is 4.98 Å². The number of thioether (sulfide) groups is 1. The molecular weight excluding hydrogens is 264 g/mol. The molecular formula is C13H12N2O3S. The van der Waals surface area contributed by atoms with Crippen molar-refractivity contribution in [3.8, 4) is 22.8 Å². The molecule has 1 aromatic heterocycles. The van der Waals surface area contributed by atoms with Gasteiger partial charge in [-0.15, -0.1) is 0 Å². The van der Waals surface area contributed by atoms with Crippen LogP contribution in [0.1, 0.15) is 5.69 Å². The molecule has 1 aromatic carbocycles. The molecule has 2 aliphatic heterocycles. The fourth-order valence-corrected chi connectivity index (χ4v) is 3.44. The van der Waals surface area contributed by atoms with Gasteiger partial charge in [0.1, 0.15) is 0 Å². The van der Waals surface area contributed by atoms with Crippen molar-refractivity contribution in [3.05, 3.63) is 23.9 Å². The summed E-state index contributed by atoms with van der Waals surface area (Å²) in [6, 6.07) is 5.76. The smallest absolute Gasteiger partial charge is 0.231 e. The van der Waals surface area contributed by atoms with E-state index in [4.69, 9.17) is 9.47 Å². The third-order valence-electron chi connectivity index (χ3n) is 3.38. The number of ether oxygens (including phenoxy) is 2. The molecule has 0 unspecified atom stereocenters. The van der Waals surface area contributed by atoms with E-state index in [2.05, 4.69) is 9.55 Å². The maximum Gasteiger partial charge on any atom is 0.231 e. The summed E-state index contributed by atoms with van der Waals surface area (Å²) in [5.74, 6) is 2.52. The molecule has 19 heavy (non-hydrogen) atoms. The lowest BCUT2D eigenvalue weighted by molar-refractivity contribution is 0.174. The lowest BCUT2D eigenvalue weighted by Crippen LogP contribution is -2.01. The maximum atomic E-state index is 9.60. The van der Waals surface area contributed by atoms with E-state index in [9.17, 15) is 5.11 Å². The van der Waals surface area contributed by atoms with Gasteiger partial charge in [0.05, 0.1) is 18.0 Å². The fraction of sp³-hybridized carbons (Fsp3) is 0.308. The van der Waals surface area contributed by atoms with E-state index in [0.29, 0.717) is 0 Å². The number of benzene rings is 1. The number of aromatic nitrogens is 2. The first kappa shape index (κ1) is 11.2. The predicted octanol–water partition coefficient (Wildman–Crippen LogP) is 1.88. The van der Waals surface area contributed by atoms with Gasteiger partial charge in [0.15, 0.2) is 16.7 Å². The van der Waals surface area contributed by atoms with Crippen molar-refractivity contribution < 1.29 is 14.6 Å². The van der Waals surface area contributed by atoms with Crippen LogP contribution in [0.2, 0.25) is 0 Å². The molecule has 5 nitrogen and oxygen atoms in total. The van der Waals surface area contributed by atoms with Crippen LogP contribution in [-0.4, -0.2) is 27.2 Å². The Hall–Kier alpha value is -1.66. The Morgan fingerprint density at radius 1 is 1.32 bits per heavy atom. The Kier molecular flexibility index (Phi) is 2.46. The lowest BCUT2D eigenvalue weighted by atomic mass is 10.1. The first-order valence-corrected chi connectivity index (χ1v) is 7.08. The Bertz CT molecular complexity index is 654. The molecule has 0 aliphatic carbocycles. The maximum absolute atomic E-state index is 9.60. The third kappa shape index (κ3) is 1.63. The Morgan fingerprint density at radius 3 is 3.11 bits per heavy atom. The van der Waals surface area contributed by atoms with Gasteiger partial charge < -0.3 is 19.1 Å². The van der Waals surface area contributed by atoms with Gasteiger partial charge in [0.25, 0.3) is 0 Å². The molecule has 3 heterocycles. The van der Waals surface area contributed by atoms with Crippen LogP contribution in [0.4, 0.5) is 0 Å². The Morgan fingerprint density at radius 2 is 2.21 bits per heavy atom. The molecule has 98 valence electrons. The van der Waals surface area contributed by atoms with Crippen molar-refractivity contribution in [3.63, 3.8) is 0 Å². The lowest BCUT2D eigenvalue weighted by Gasteiger charge is -2.05. The average molecular weight is 276 g/mol. The normalized spacial score (nSPS) is 15.8. The zero-order chi connectivity index (χ0) is 12.8. The quantitative estimate of drug-likeness (QED) is 0.907. The van der Waals surface area contributed by atoms with E-state index in [1.807, 2.05) is 18.2 Å². The van der Waals surface area contributed by atoms with E-state index >= 15 is 0 Å². The number of hydrogen-bond donors (Lipinski definition) is 1. The minimum absolute atomic E-state index is 0.00264. The molecule has 0 radical (unpaired) electrons. The van der Waals surface area contributed by atoms with Crippen LogP contribution in [0.3, 0.4) is 0 Å². The minimum atomic E-state index is -0.00264. The van der Waals surface area contributed by atoms with Crippen molar-refractivity contribution in [1.29, 1.82) is 0 Å². The summed E-state index contributed by atoms with van der Waals surface area (Å²) in [7, 11) is 0. The first-order chi connectivity index (χ1) is 9.36. The van der Waals surface area contributed by atoms with Crippen LogP contribution < -0.4 is 9.47 Å². The van der Waals surface area contributed by atoms with E-state index in [1.54, 1.807) is 11.8 Å². The molecule has 0 spiro atoms. The monoisotopic (exact) mass is 276 g/mol. The topological polar surface area (TPSA) is 56.5 Å². The molecule has 0 atom stereocenters. The number of nitrogens with zero attached hydrogens (tertiary/aromatic N) is 2. The van der Waals surface area contributed by atoms with Crippen LogP contribution in [0.15, 0.2) is 23.4 Å². The zero-order valence-electron chi connectivity index (χ0n) is 10.1. The highest BCUT2D eigenvalue weighted by Crippen LogP contribution is 2.38. The second kappa shape index (κ2) is 4.18. The SMILES string of the molecule is OCc1c(-c2ccc3c(c2)OCO3)nc2n1CCS2. The largest absolute Gasteiger partial charge is 0.454 e. The molecule has 2 aliphatic rings. The van der Waals surface area contributed by atoms with Crippen molar-refractivity contribution in [2.75, 3.05) is 12.5 Å². The average Bonchev–Trinajstić information content (AvgIpc) is 3.12. The number of aliphatic hydroxyl groups excluding tert-OH is 1. The summed E-state index contributed by atoms with van der Waals surface area (Å²) in [5, 5.41) is 10.6. The van der Waals surface area contributed by atoms with Crippen molar-refractivity contribution in [1.82, 2.24) is 9.55 Å². The van der Waals surface area contributed by atoms with E-state index in [0.717, 1.165) is 45.9 Å². The number of aliphatic hydroxyl groups is 1. The molecule has 0 bridgehead atoms. The van der Waals surface area contributed by atoms with Crippen molar-refractivity contribution >= 4 is 11.8 Å². The van der Waals surface area contributed by atoms with Crippen LogP contribution in [-0.2, 0) is 13.2 Å². The predicted molar refractivity (Wildman–Crippen MR) is 70.4 cm³/mol. The number of hydrogen-bond acceptors (Lipinski definition) is 5. The van der Waals surface area contributed by atoms with E-state index < -0.39 is 0 Å². The minimum Gasteiger partial charge on any atom is -0.454 e. The fourth-order valence-electron chi connectivity index (χ4n) is 2.47. The summed E-state index contributed by atoms with van der Waals surface area (Å²) < 4.78 is 12.8. The second-order valence-corrected chi connectivity index (χ2v) is 5.48. The zero-order valence-corrected chi connectivity index (χ0v) is 10.9. The molecule has 0 saturated heterocycles. The summed E-state index contributed by atoms with van der Waals surface area (Å²) in [4.78, 5) is 4.63. The highest BCUT2D eigenvalue weighted by molar-refractivity contribution is 7.99. The summed E-state index contributed by atoms with van der Waals surface area (Å²) in [6.07, 6.45) is 0. The highest BCUT2D eigenvalue weighted by Gasteiger charge is 2.23. The molecule has 6 heteroatoms. The summed E-state index contributed by atoms with van der Waals surface area (Å²) >= 11 is 1.72. The molecule has 0 saturated carbocycles. The second-order valence-electron chi connectivity index (χ2n) is 4.42. The van der Waals surface area contributed by atoms with Gasteiger partial charge in [-0.3, -0.25) is 0 Å². The van der Waals surface area contributed by atoms with E-state index in [-0.39, 0.29) is 13.4 Å². The van der Waals surface area contributed by atoms with Gasteiger partial charge in [-0.2, -0.15) is 0 Å². The number of rotatable bonds is 2. The van der Waals surface area contributed by atoms with Crippen molar-refractivity contribution in [2.24, 2.45) is 0 Å². The van der Waals surface area contributed by atoms with Crippen LogP contribution in [0, 0.1) is 0 Å². The summed E-state index contributed by atoms with van der Waals surface area (Å²) in [5.41, 5.74) is 2.66. The highest BCUT2D eigenvalue weighted by atomic mass is 32.2. The molecule has 0 fully saturated rings. The van der Waals surface area contributed by atoms with Gasteiger partial charge >= 0.3 is 0 Å². The van der Waals surface area contributed by atoms with Crippen LogP contribution >= 0.6 is 11.8 Å². The Labute approximate surface area is 114 Å². The third-order valence-corrected chi connectivity index (χ3v) is 4.34. The van der Waals surface area contributed by atoms with Crippen LogP contribution in [0.25, 0.3) is 11.3 Å². The first-order valence-electron chi connectivity index (χ1n) is 6.10. The standard InChI is InChI=1S/C13H12N2O3S/c16-6-9-12(14-13-15(9)3-4-19-13)8-1-2-10-11(5-8)18-7-17-10/h1-2,5,16H,3-4,6-7H2. The molecule has 1 N–H and O–H groups in total. The Balaban J connectivity index is 1.84. The van der Waals surface area contributed by atoms with Crippen LogP contribution in [0.5, 0.6) is 11.5 Å². The summed E-state index contributed by atoms with van der Waals surface area (Å²) in [6.45, 7) is 1.17. The van der Waals surface area contributed by atoms with Gasteiger partial charge in [-0.05, 0) is 18.2 Å². The number of imidazole rings is 1. The van der Waals surface area contributed by atoms with Gasteiger partial charge in [0.2, 0.25) is 6.79 Å². The van der Waals surface area contributed by atoms with Gasteiger partial charge in [0, 0.05) is 17.9 Å². The van der Waals surface area contributed by atoms with E-state index in [1.165, 1.54) is 0 Å². The molecule has 2 aromatic rings. The molecule has 4 rings (SSSR count). The van der Waals surface area contributed by atoms with Crippen molar-refractivity contribution in [2.45, 2.75) is 18.3 Å². The number of fused-ring (bicyclic) bond motifs is 2. The molecule has 0 amide bonds.